The number of Topliss-reactive ketones (excluding diaryl/α,β-unsaturated/α-hetero) is 1. The van der Waals surface area contributed by atoms with Crippen LogP contribution in [-0.2, 0) is 20.9 Å². The molecule has 0 aliphatic carbocycles. The first-order valence-electron chi connectivity index (χ1n) is 7.91. The van der Waals surface area contributed by atoms with E-state index in [1.165, 1.54) is 18.9 Å². The van der Waals surface area contributed by atoms with Crippen molar-refractivity contribution in [3.05, 3.63) is 59.1 Å². The molecule has 0 saturated carbocycles. The number of rotatable bonds is 8. The van der Waals surface area contributed by atoms with Gasteiger partial charge in [-0.2, -0.15) is 0 Å². The SMILES string of the molecule is COc1ccccc1N(C=O)[C@@H](C)C(=O)C(=O)NCc1cccc(Cl)c1. The smallest absolute Gasteiger partial charge is 0.289 e. The quantitative estimate of drug-likeness (QED) is 0.569. The van der Waals surface area contributed by atoms with Crippen molar-refractivity contribution in [2.24, 2.45) is 0 Å². The molecule has 0 aliphatic heterocycles. The number of para-hydroxylation sites is 2. The lowest BCUT2D eigenvalue weighted by molar-refractivity contribution is -0.138. The van der Waals surface area contributed by atoms with Crippen molar-refractivity contribution in [3.8, 4) is 5.75 Å². The molecule has 0 bridgehead atoms. The minimum atomic E-state index is -0.983. The van der Waals surface area contributed by atoms with Crippen LogP contribution in [0.5, 0.6) is 5.75 Å². The molecular formula is C19H19ClN2O4. The molecule has 136 valence electrons. The molecule has 7 heteroatoms. The monoisotopic (exact) mass is 374 g/mol. The van der Waals surface area contributed by atoms with Crippen LogP contribution in [-0.4, -0.2) is 31.3 Å². The molecule has 0 radical (unpaired) electrons. The van der Waals surface area contributed by atoms with Crippen LogP contribution < -0.4 is 15.0 Å². The van der Waals surface area contributed by atoms with Gasteiger partial charge in [-0.3, -0.25) is 14.4 Å². The summed E-state index contributed by atoms with van der Waals surface area (Å²) in [6.07, 6.45) is 0.505. The van der Waals surface area contributed by atoms with Crippen LogP contribution in [0.25, 0.3) is 0 Å². The molecule has 26 heavy (non-hydrogen) atoms. The van der Waals surface area contributed by atoms with Crippen LogP contribution in [0, 0.1) is 0 Å². The summed E-state index contributed by atoms with van der Waals surface area (Å²) in [5, 5.41) is 3.09. The van der Waals surface area contributed by atoms with E-state index in [-0.39, 0.29) is 6.54 Å². The fraction of sp³-hybridized carbons (Fsp3) is 0.211. The van der Waals surface area contributed by atoms with E-state index in [0.717, 1.165) is 5.56 Å². The number of ether oxygens (including phenoxy) is 1. The standard InChI is InChI=1S/C19H19ClN2O4/c1-13(22(12-23)16-8-3-4-9-17(16)26-2)18(24)19(25)21-11-14-6-5-7-15(20)10-14/h3-10,12-13H,11H2,1-2H3,(H,21,25)/t13-/m0/s1. The van der Waals surface area contributed by atoms with E-state index in [1.807, 2.05) is 0 Å². The Morgan fingerprint density at radius 3 is 2.62 bits per heavy atom. The molecule has 6 nitrogen and oxygen atoms in total. The number of hydrogen-bond donors (Lipinski definition) is 1. The van der Waals surface area contributed by atoms with Crippen LogP contribution in [0.1, 0.15) is 12.5 Å². The zero-order chi connectivity index (χ0) is 19.1. The third-order valence-electron chi connectivity index (χ3n) is 3.84. The second-order valence-corrected chi connectivity index (χ2v) is 5.97. The van der Waals surface area contributed by atoms with Gasteiger partial charge in [0, 0.05) is 11.6 Å². The first-order valence-corrected chi connectivity index (χ1v) is 8.29. The van der Waals surface area contributed by atoms with Gasteiger partial charge in [-0.1, -0.05) is 35.9 Å². The van der Waals surface area contributed by atoms with E-state index < -0.39 is 17.7 Å². The second-order valence-electron chi connectivity index (χ2n) is 5.54. The Kier molecular flexibility index (Phi) is 6.74. The average Bonchev–Trinajstić information content (AvgIpc) is 2.66. The van der Waals surface area contributed by atoms with Crippen molar-refractivity contribution in [1.82, 2.24) is 5.32 Å². The van der Waals surface area contributed by atoms with Crippen LogP contribution >= 0.6 is 11.6 Å². The van der Waals surface area contributed by atoms with Gasteiger partial charge >= 0.3 is 0 Å². The third-order valence-corrected chi connectivity index (χ3v) is 4.07. The van der Waals surface area contributed by atoms with Crippen molar-refractivity contribution in [2.75, 3.05) is 12.0 Å². The van der Waals surface area contributed by atoms with E-state index in [1.54, 1.807) is 48.5 Å². The summed E-state index contributed by atoms with van der Waals surface area (Å²) in [5.41, 5.74) is 1.18. The Morgan fingerprint density at radius 2 is 1.96 bits per heavy atom. The molecule has 0 spiro atoms. The van der Waals surface area contributed by atoms with Crippen molar-refractivity contribution in [3.63, 3.8) is 0 Å². The van der Waals surface area contributed by atoms with Crippen LogP contribution in [0.15, 0.2) is 48.5 Å². The van der Waals surface area contributed by atoms with Gasteiger partial charge in [0.25, 0.3) is 5.91 Å². The molecule has 0 saturated heterocycles. The van der Waals surface area contributed by atoms with Gasteiger partial charge in [0.2, 0.25) is 12.2 Å². The van der Waals surface area contributed by atoms with Gasteiger partial charge in [-0.25, -0.2) is 0 Å². The van der Waals surface area contributed by atoms with Crippen molar-refractivity contribution >= 4 is 35.4 Å². The highest BCUT2D eigenvalue weighted by Gasteiger charge is 2.28. The summed E-state index contributed by atoms with van der Waals surface area (Å²) in [4.78, 5) is 37.3. The molecule has 2 amide bonds. The summed E-state index contributed by atoms with van der Waals surface area (Å²) < 4.78 is 5.21. The predicted octanol–water partition coefficient (Wildman–Crippen LogP) is 2.59. The number of ketones is 1. The van der Waals surface area contributed by atoms with Crippen LogP contribution in [0.2, 0.25) is 5.02 Å². The van der Waals surface area contributed by atoms with E-state index in [2.05, 4.69) is 5.32 Å². The molecule has 0 unspecified atom stereocenters. The summed E-state index contributed by atoms with van der Waals surface area (Å²) >= 11 is 5.89. The summed E-state index contributed by atoms with van der Waals surface area (Å²) in [7, 11) is 1.46. The fourth-order valence-electron chi connectivity index (χ4n) is 2.43. The largest absolute Gasteiger partial charge is 0.495 e. The summed E-state index contributed by atoms with van der Waals surface area (Å²) in [6.45, 7) is 1.65. The first kappa shape index (κ1) is 19.5. The van der Waals surface area contributed by atoms with Crippen molar-refractivity contribution < 1.29 is 19.1 Å². The Balaban J connectivity index is 2.08. The Bertz CT molecular complexity index is 810. The van der Waals surface area contributed by atoms with Gasteiger partial charge in [0.1, 0.15) is 11.8 Å². The van der Waals surface area contributed by atoms with Gasteiger partial charge in [0.15, 0.2) is 0 Å². The Labute approximate surface area is 156 Å². The highest BCUT2D eigenvalue weighted by Crippen LogP contribution is 2.28. The molecule has 2 aromatic carbocycles. The molecule has 0 fully saturated rings. The zero-order valence-corrected chi connectivity index (χ0v) is 15.2. The Morgan fingerprint density at radius 1 is 1.23 bits per heavy atom. The number of nitrogens with one attached hydrogen (secondary N) is 1. The molecule has 0 aromatic heterocycles. The number of carbonyl (C=O) groups is 3. The minimum Gasteiger partial charge on any atom is -0.495 e. The molecule has 0 aliphatic rings. The number of hydrogen-bond acceptors (Lipinski definition) is 4. The predicted molar refractivity (Wildman–Crippen MR) is 99.3 cm³/mol. The number of carbonyl (C=O) groups excluding carboxylic acids is 3. The van der Waals surface area contributed by atoms with Gasteiger partial charge in [0.05, 0.1) is 12.8 Å². The topological polar surface area (TPSA) is 75.7 Å². The third kappa shape index (κ3) is 4.61. The fourth-order valence-corrected chi connectivity index (χ4v) is 2.65. The Hall–Kier alpha value is -2.86. The normalized spacial score (nSPS) is 11.3. The van der Waals surface area contributed by atoms with E-state index >= 15 is 0 Å². The maximum Gasteiger partial charge on any atom is 0.289 e. The summed E-state index contributed by atoms with van der Waals surface area (Å²) in [5.74, 6) is -1.08. The number of amides is 2. The molecule has 0 heterocycles. The molecule has 2 rings (SSSR count). The first-order chi connectivity index (χ1) is 12.5. The van der Waals surface area contributed by atoms with Gasteiger partial charge in [-0.15, -0.1) is 0 Å². The minimum absolute atomic E-state index is 0.160. The summed E-state index contributed by atoms with van der Waals surface area (Å²) in [6, 6.07) is 12.7. The number of anilines is 1. The lowest BCUT2D eigenvalue weighted by Gasteiger charge is -2.25. The molecular weight excluding hydrogens is 356 g/mol. The lowest BCUT2D eigenvalue weighted by atomic mass is 10.1. The van der Waals surface area contributed by atoms with Crippen molar-refractivity contribution in [1.29, 1.82) is 0 Å². The number of halogens is 1. The number of nitrogens with zero attached hydrogens (tertiary/aromatic N) is 1. The van der Waals surface area contributed by atoms with E-state index in [0.29, 0.717) is 22.9 Å². The van der Waals surface area contributed by atoms with E-state index in [9.17, 15) is 14.4 Å². The highest BCUT2D eigenvalue weighted by molar-refractivity contribution is 6.39. The highest BCUT2D eigenvalue weighted by atomic mass is 35.5. The zero-order valence-electron chi connectivity index (χ0n) is 14.4. The second kappa shape index (κ2) is 9.01. The van der Waals surface area contributed by atoms with Crippen LogP contribution in [0.4, 0.5) is 5.69 Å². The number of methoxy groups -OCH3 is 1. The van der Waals surface area contributed by atoms with E-state index in [4.69, 9.17) is 16.3 Å². The average molecular weight is 375 g/mol. The molecule has 2 aromatic rings. The molecule has 1 N–H and O–H groups in total. The maximum absolute atomic E-state index is 12.4. The van der Waals surface area contributed by atoms with Crippen molar-refractivity contribution in [2.45, 2.75) is 19.5 Å². The lowest BCUT2D eigenvalue weighted by Crippen LogP contribution is -2.45. The van der Waals surface area contributed by atoms with Gasteiger partial charge < -0.3 is 15.0 Å². The molecule has 1 atom stereocenters. The number of benzene rings is 2. The van der Waals surface area contributed by atoms with Gasteiger partial charge in [-0.05, 0) is 36.8 Å². The van der Waals surface area contributed by atoms with Crippen LogP contribution in [0.3, 0.4) is 0 Å². The maximum atomic E-state index is 12.4.